The monoisotopic (exact) mass is 242 g/mol. The average molecular weight is 242 g/mol. The molecule has 0 bridgehead atoms. The summed E-state index contributed by atoms with van der Waals surface area (Å²) >= 11 is 0. The standard InChI is InChI=1S/C14H14N2O2/c1-9-13(16-18-15-9)8-11-7-6-10-4-2-3-5-12(10)14(11)17/h2-5,11H,6-8H2,1H3. The summed E-state index contributed by atoms with van der Waals surface area (Å²) in [7, 11) is 0. The van der Waals surface area contributed by atoms with Crippen molar-refractivity contribution in [2.24, 2.45) is 5.92 Å². The number of carbonyl (C=O) groups is 1. The van der Waals surface area contributed by atoms with Gasteiger partial charge in [-0.05, 0) is 25.3 Å². The van der Waals surface area contributed by atoms with Crippen LogP contribution in [0.25, 0.3) is 0 Å². The van der Waals surface area contributed by atoms with Crippen LogP contribution in [0.5, 0.6) is 0 Å². The van der Waals surface area contributed by atoms with Crippen LogP contribution < -0.4 is 0 Å². The van der Waals surface area contributed by atoms with Gasteiger partial charge in [0, 0.05) is 17.9 Å². The number of aromatic nitrogens is 2. The maximum absolute atomic E-state index is 12.4. The van der Waals surface area contributed by atoms with Gasteiger partial charge in [0.2, 0.25) is 0 Å². The van der Waals surface area contributed by atoms with Gasteiger partial charge < -0.3 is 0 Å². The highest BCUT2D eigenvalue weighted by Gasteiger charge is 2.28. The van der Waals surface area contributed by atoms with Gasteiger partial charge in [0.1, 0.15) is 11.4 Å². The lowest BCUT2D eigenvalue weighted by atomic mass is 9.80. The van der Waals surface area contributed by atoms with E-state index in [-0.39, 0.29) is 11.7 Å². The van der Waals surface area contributed by atoms with Crippen molar-refractivity contribution in [1.29, 1.82) is 0 Å². The van der Waals surface area contributed by atoms with Crippen molar-refractivity contribution in [2.45, 2.75) is 26.2 Å². The molecule has 4 heteroatoms. The van der Waals surface area contributed by atoms with Crippen LogP contribution in [0.15, 0.2) is 28.9 Å². The summed E-state index contributed by atoms with van der Waals surface area (Å²) in [6.07, 6.45) is 2.46. The molecule has 0 radical (unpaired) electrons. The number of hydrogen-bond acceptors (Lipinski definition) is 4. The van der Waals surface area contributed by atoms with Crippen molar-refractivity contribution >= 4 is 5.78 Å². The highest BCUT2D eigenvalue weighted by Crippen LogP contribution is 2.27. The molecule has 0 fully saturated rings. The van der Waals surface area contributed by atoms with E-state index in [0.717, 1.165) is 35.4 Å². The van der Waals surface area contributed by atoms with E-state index in [9.17, 15) is 4.79 Å². The number of aryl methyl sites for hydroxylation is 2. The Kier molecular flexibility index (Phi) is 2.70. The first kappa shape index (κ1) is 11.1. The number of benzene rings is 1. The highest BCUT2D eigenvalue weighted by molar-refractivity contribution is 6.00. The molecular weight excluding hydrogens is 228 g/mol. The molecule has 0 saturated heterocycles. The molecule has 3 rings (SSSR count). The summed E-state index contributed by atoms with van der Waals surface area (Å²) in [6, 6.07) is 7.85. The van der Waals surface area contributed by atoms with E-state index in [0.29, 0.717) is 6.42 Å². The van der Waals surface area contributed by atoms with E-state index >= 15 is 0 Å². The van der Waals surface area contributed by atoms with E-state index in [1.165, 1.54) is 0 Å². The van der Waals surface area contributed by atoms with Crippen molar-refractivity contribution in [2.75, 3.05) is 0 Å². The molecule has 0 N–H and O–H groups in total. The van der Waals surface area contributed by atoms with Crippen molar-refractivity contribution in [3.63, 3.8) is 0 Å². The lowest BCUT2D eigenvalue weighted by molar-refractivity contribution is 0.0900. The van der Waals surface area contributed by atoms with E-state index in [1.807, 2.05) is 31.2 Å². The minimum atomic E-state index is 0.00509. The van der Waals surface area contributed by atoms with Crippen LogP contribution >= 0.6 is 0 Å². The van der Waals surface area contributed by atoms with Gasteiger partial charge in [-0.2, -0.15) is 0 Å². The molecule has 2 aromatic rings. The SMILES string of the molecule is Cc1nonc1CC1CCc2ccccc2C1=O. The number of Topliss-reactive ketones (excluding diaryl/α,β-unsaturated/α-hetero) is 1. The van der Waals surface area contributed by atoms with Crippen LogP contribution in [0.1, 0.15) is 33.7 Å². The van der Waals surface area contributed by atoms with Crippen LogP contribution in [0.2, 0.25) is 0 Å². The largest absolute Gasteiger partial charge is 0.294 e. The van der Waals surface area contributed by atoms with E-state index in [4.69, 9.17) is 0 Å². The predicted octanol–water partition coefficient (Wildman–Crippen LogP) is 2.37. The van der Waals surface area contributed by atoms with Gasteiger partial charge >= 0.3 is 0 Å². The Morgan fingerprint density at radius 3 is 2.94 bits per heavy atom. The summed E-state index contributed by atoms with van der Waals surface area (Å²) in [5.74, 6) is 0.227. The second-order valence-corrected chi connectivity index (χ2v) is 4.76. The van der Waals surface area contributed by atoms with E-state index < -0.39 is 0 Å². The van der Waals surface area contributed by atoms with Crippen LogP contribution in [-0.4, -0.2) is 16.1 Å². The van der Waals surface area contributed by atoms with Gasteiger partial charge in [-0.3, -0.25) is 4.79 Å². The normalized spacial score (nSPS) is 18.7. The molecule has 1 aromatic carbocycles. The molecule has 18 heavy (non-hydrogen) atoms. The number of nitrogens with zero attached hydrogens (tertiary/aromatic N) is 2. The Morgan fingerprint density at radius 2 is 2.17 bits per heavy atom. The quantitative estimate of drug-likeness (QED) is 0.811. The molecule has 0 spiro atoms. The minimum absolute atomic E-state index is 0.00509. The zero-order valence-corrected chi connectivity index (χ0v) is 10.2. The second kappa shape index (κ2) is 4.37. The first-order valence-electron chi connectivity index (χ1n) is 6.16. The van der Waals surface area contributed by atoms with Gasteiger partial charge in [0.05, 0.1) is 0 Å². The molecule has 1 atom stereocenters. The van der Waals surface area contributed by atoms with Crippen LogP contribution in [0, 0.1) is 12.8 Å². The summed E-state index contributed by atoms with van der Waals surface area (Å²) in [4.78, 5) is 12.4. The zero-order valence-electron chi connectivity index (χ0n) is 10.2. The minimum Gasteiger partial charge on any atom is -0.294 e. The molecule has 0 saturated carbocycles. The molecule has 0 amide bonds. The van der Waals surface area contributed by atoms with E-state index in [1.54, 1.807) is 0 Å². The molecule has 92 valence electrons. The number of rotatable bonds is 2. The molecule has 4 nitrogen and oxygen atoms in total. The Hall–Kier alpha value is -1.97. The Labute approximate surface area is 105 Å². The maximum Gasteiger partial charge on any atom is 0.166 e. The fraction of sp³-hybridized carbons (Fsp3) is 0.357. The molecular formula is C14H14N2O2. The van der Waals surface area contributed by atoms with E-state index in [2.05, 4.69) is 14.9 Å². The summed E-state index contributed by atoms with van der Waals surface area (Å²) < 4.78 is 4.68. The van der Waals surface area contributed by atoms with Crippen molar-refractivity contribution in [3.05, 3.63) is 46.8 Å². The number of hydrogen-bond donors (Lipinski definition) is 0. The topological polar surface area (TPSA) is 56.0 Å². The average Bonchev–Trinajstić information content (AvgIpc) is 2.79. The molecule has 1 aromatic heterocycles. The predicted molar refractivity (Wildman–Crippen MR) is 65.3 cm³/mol. The van der Waals surface area contributed by atoms with Gasteiger partial charge in [-0.15, -0.1) is 0 Å². The smallest absolute Gasteiger partial charge is 0.166 e. The lowest BCUT2D eigenvalue weighted by Crippen LogP contribution is -2.24. The zero-order chi connectivity index (χ0) is 12.5. The summed E-state index contributed by atoms with van der Waals surface area (Å²) in [6.45, 7) is 1.85. The Bertz CT molecular complexity index is 589. The third kappa shape index (κ3) is 1.83. The number of fused-ring (bicyclic) bond motifs is 1. The first-order chi connectivity index (χ1) is 8.75. The third-order valence-electron chi connectivity index (χ3n) is 3.60. The van der Waals surface area contributed by atoms with Gasteiger partial charge in [0.15, 0.2) is 5.78 Å². The second-order valence-electron chi connectivity index (χ2n) is 4.76. The number of carbonyl (C=O) groups excluding carboxylic acids is 1. The van der Waals surface area contributed by atoms with Gasteiger partial charge in [-0.1, -0.05) is 34.6 Å². The maximum atomic E-state index is 12.4. The first-order valence-corrected chi connectivity index (χ1v) is 6.16. The van der Waals surface area contributed by atoms with Gasteiger partial charge in [0.25, 0.3) is 0 Å². The summed E-state index contributed by atoms with van der Waals surface area (Å²) in [5.41, 5.74) is 3.60. The van der Waals surface area contributed by atoms with Crippen LogP contribution in [-0.2, 0) is 12.8 Å². The molecule has 1 heterocycles. The molecule has 1 aliphatic rings. The summed E-state index contributed by atoms with van der Waals surface area (Å²) in [5, 5.41) is 7.62. The van der Waals surface area contributed by atoms with Crippen molar-refractivity contribution in [1.82, 2.24) is 10.3 Å². The van der Waals surface area contributed by atoms with Gasteiger partial charge in [-0.25, -0.2) is 4.63 Å². The fourth-order valence-corrected chi connectivity index (χ4v) is 2.52. The molecule has 0 aliphatic heterocycles. The third-order valence-corrected chi connectivity index (χ3v) is 3.60. The van der Waals surface area contributed by atoms with Crippen LogP contribution in [0.4, 0.5) is 0 Å². The van der Waals surface area contributed by atoms with Crippen molar-refractivity contribution in [3.8, 4) is 0 Å². The lowest BCUT2D eigenvalue weighted by Gasteiger charge is -2.22. The number of ketones is 1. The Balaban J connectivity index is 1.85. The van der Waals surface area contributed by atoms with Crippen molar-refractivity contribution < 1.29 is 9.42 Å². The molecule has 1 aliphatic carbocycles. The van der Waals surface area contributed by atoms with Crippen LogP contribution in [0.3, 0.4) is 0 Å². The fourth-order valence-electron chi connectivity index (χ4n) is 2.52. The highest BCUT2D eigenvalue weighted by atomic mass is 16.6. The Morgan fingerprint density at radius 1 is 1.33 bits per heavy atom. The molecule has 1 unspecified atom stereocenters.